The van der Waals surface area contributed by atoms with E-state index in [9.17, 15) is 9.18 Å². The maximum absolute atomic E-state index is 14.6. The molecule has 7 nitrogen and oxygen atoms in total. The molecular weight excluding hydrogens is 415 g/mol. The molecule has 1 aliphatic rings. The Bertz CT molecular complexity index is 1110. The van der Waals surface area contributed by atoms with Crippen molar-refractivity contribution in [3.05, 3.63) is 65.7 Å². The van der Waals surface area contributed by atoms with Gasteiger partial charge in [-0.15, -0.1) is 0 Å². The van der Waals surface area contributed by atoms with Crippen molar-refractivity contribution in [1.29, 1.82) is 0 Å². The van der Waals surface area contributed by atoms with Gasteiger partial charge in [-0.05, 0) is 35.9 Å². The number of nitrogens with zero attached hydrogens (tertiary/aromatic N) is 1. The van der Waals surface area contributed by atoms with Crippen LogP contribution in [0.1, 0.15) is 15.9 Å². The second-order valence-corrected chi connectivity index (χ2v) is 7.26. The molecule has 32 heavy (non-hydrogen) atoms. The first kappa shape index (κ1) is 21.4. The second-order valence-electron chi connectivity index (χ2n) is 7.26. The van der Waals surface area contributed by atoms with E-state index in [4.69, 9.17) is 18.9 Å². The lowest BCUT2D eigenvalue weighted by molar-refractivity contribution is 0.0932. The van der Waals surface area contributed by atoms with Crippen molar-refractivity contribution in [1.82, 2.24) is 10.3 Å². The zero-order valence-corrected chi connectivity index (χ0v) is 18.0. The fraction of sp³-hybridized carbons (Fsp3) is 0.250. The standard InChI is InChI=1S/C24H23FN2O5/c1-29-20-10-17(11-21(30-2)23(20)31-3)24(28)27-13-18-8-16-7-15(9-19(25)22(16)32-18)14-5-4-6-26-12-14/h4-7,9-12,18H,8,13H2,1-3H3,(H,27,28). The number of carbonyl (C=O) groups is 1. The number of methoxy groups -OCH3 is 3. The van der Waals surface area contributed by atoms with E-state index < -0.39 is 5.82 Å². The van der Waals surface area contributed by atoms with E-state index in [1.54, 1.807) is 30.6 Å². The van der Waals surface area contributed by atoms with E-state index >= 15 is 0 Å². The van der Waals surface area contributed by atoms with Crippen molar-refractivity contribution in [2.24, 2.45) is 0 Å². The van der Waals surface area contributed by atoms with Crippen LogP contribution in [0.15, 0.2) is 48.8 Å². The summed E-state index contributed by atoms with van der Waals surface area (Å²) in [5.74, 6) is 0.629. The molecule has 0 saturated heterocycles. The van der Waals surface area contributed by atoms with Gasteiger partial charge < -0.3 is 24.3 Å². The van der Waals surface area contributed by atoms with Crippen molar-refractivity contribution in [2.45, 2.75) is 12.5 Å². The largest absolute Gasteiger partial charge is 0.493 e. The van der Waals surface area contributed by atoms with E-state index in [2.05, 4.69) is 10.3 Å². The van der Waals surface area contributed by atoms with Gasteiger partial charge in [0.15, 0.2) is 23.1 Å². The van der Waals surface area contributed by atoms with E-state index in [-0.39, 0.29) is 24.3 Å². The number of amides is 1. The van der Waals surface area contributed by atoms with Crippen molar-refractivity contribution in [3.8, 4) is 34.1 Å². The quantitative estimate of drug-likeness (QED) is 0.607. The van der Waals surface area contributed by atoms with Crippen LogP contribution in [0.3, 0.4) is 0 Å². The van der Waals surface area contributed by atoms with E-state index in [0.717, 1.165) is 16.7 Å². The van der Waals surface area contributed by atoms with E-state index in [1.807, 2.05) is 12.1 Å². The van der Waals surface area contributed by atoms with Gasteiger partial charge in [0.2, 0.25) is 5.75 Å². The lowest BCUT2D eigenvalue weighted by atomic mass is 10.0. The molecule has 0 radical (unpaired) electrons. The average Bonchev–Trinajstić information content (AvgIpc) is 3.25. The first-order chi connectivity index (χ1) is 15.5. The Morgan fingerprint density at radius 3 is 2.50 bits per heavy atom. The Morgan fingerprint density at radius 2 is 1.88 bits per heavy atom. The fourth-order valence-electron chi connectivity index (χ4n) is 3.72. The summed E-state index contributed by atoms with van der Waals surface area (Å²) >= 11 is 0. The molecule has 0 saturated carbocycles. The molecule has 0 spiro atoms. The third kappa shape index (κ3) is 4.16. The predicted octanol–water partition coefficient (Wildman–Crippen LogP) is 3.65. The predicted molar refractivity (Wildman–Crippen MR) is 116 cm³/mol. The van der Waals surface area contributed by atoms with Crippen LogP contribution in [-0.2, 0) is 6.42 Å². The molecule has 8 heteroatoms. The minimum absolute atomic E-state index is 0.214. The van der Waals surface area contributed by atoms with Crippen molar-refractivity contribution in [2.75, 3.05) is 27.9 Å². The molecule has 1 aromatic heterocycles. The number of nitrogens with one attached hydrogen (secondary N) is 1. The van der Waals surface area contributed by atoms with Crippen LogP contribution in [0.4, 0.5) is 4.39 Å². The molecule has 166 valence electrons. The molecule has 2 aromatic carbocycles. The Balaban J connectivity index is 1.46. The number of hydrogen-bond donors (Lipinski definition) is 1. The molecule has 0 fully saturated rings. The van der Waals surface area contributed by atoms with Crippen LogP contribution in [0, 0.1) is 5.82 Å². The molecule has 0 bridgehead atoms. The highest BCUT2D eigenvalue weighted by Gasteiger charge is 2.27. The third-order valence-electron chi connectivity index (χ3n) is 5.26. The number of hydrogen-bond acceptors (Lipinski definition) is 6. The van der Waals surface area contributed by atoms with E-state index in [0.29, 0.717) is 29.2 Å². The summed E-state index contributed by atoms with van der Waals surface area (Å²) in [7, 11) is 4.46. The topological polar surface area (TPSA) is 78.9 Å². The molecule has 1 N–H and O–H groups in total. The Kier molecular flexibility index (Phi) is 6.11. The van der Waals surface area contributed by atoms with Crippen LogP contribution < -0.4 is 24.3 Å². The summed E-state index contributed by atoms with van der Waals surface area (Å²) < 4.78 is 36.3. The molecule has 4 rings (SSSR count). The lowest BCUT2D eigenvalue weighted by Gasteiger charge is -2.15. The summed E-state index contributed by atoms with van der Waals surface area (Å²) in [5, 5.41) is 2.83. The Hall–Kier alpha value is -3.81. The smallest absolute Gasteiger partial charge is 0.251 e. The molecule has 3 aromatic rings. The van der Waals surface area contributed by atoms with Gasteiger partial charge in [0.05, 0.1) is 27.9 Å². The van der Waals surface area contributed by atoms with Crippen LogP contribution in [-0.4, -0.2) is 44.9 Å². The molecule has 1 amide bonds. The monoisotopic (exact) mass is 438 g/mol. The minimum atomic E-state index is -0.431. The zero-order chi connectivity index (χ0) is 22.7. The number of aromatic nitrogens is 1. The summed E-state index contributed by atoms with van der Waals surface area (Å²) in [4.78, 5) is 16.8. The molecule has 2 heterocycles. The third-order valence-corrected chi connectivity index (χ3v) is 5.26. The number of ether oxygens (including phenoxy) is 4. The van der Waals surface area contributed by atoms with Crippen molar-refractivity contribution >= 4 is 5.91 Å². The van der Waals surface area contributed by atoms with Crippen LogP contribution in [0.2, 0.25) is 0 Å². The lowest BCUT2D eigenvalue weighted by Crippen LogP contribution is -2.34. The Morgan fingerprint density at radius 1 is 1.12 bits per heavy atom. The number of pyridine rings is 1. The van der Waals surface area contributed by atoms with Gasteiger partial charge in [-0.25, -0.2) is 4.39 Å². The first-order valence-corrected chi connectivity index (χ1v) is 10.0. The SMILES string of the molecule is COc1cc(C(=O)NCC2Cc3cc(-c4cccnc4)cc(F)c3O2)cc(OC)c1OC. The molecular formula is C24H23FN2O5. The maximum Gasteiger partial charge on any atom is 0.251 e. The van der Waals surface area contributed by atoms with Crippen LogP contribution in [0.5, 0.6) is 23.0 Å². The van der Waals surface area contributed by atoms with Crippen LogP contribution in [0.25, 0.3) is 11.1 Å². The van der Waals surface area contributed by atoms with E-state index in [1.165, 1.54) is 27.4 Å². The normalized spacial score (nSPS) is 14.3. The van der Waals surface area contributed by atoms with Gasteiger partial charge in [0.25, 0.3) is 5.91 Å². The van der Waals surface area contributed by atoms with Gasteiger partial charge in [-0.2, -0.15) is 0 Å². The molecule has 1 atom stereocenters. The minimum Gasteiger partial charge on any atom is -0.493 e. The highest BCUT2D eigenvalue weighted by atomic mass is 19.1. The summed E-state index contributed by atoms with van der Waals surface area (Å²) in [6.45, 7) is 0.214. The maximum atomic E-state index is 14.6. The number of fused-ring (bicyclic) bond motifs is 1. The summed E-state index contributed by atoms with van der Waals surface area (Å²) in [6.07, 6.45) is 3.46. The van der Waals surface area contributed by atoms with Gasteiger partial charge in [0.1, 0.15) is 6.10 Å². The molecule has 1 unspecified atom stereocenters. The van der Waals surface area contributed by atoms with Crippen molar-refractivity contribution in [3.63, 3.8) is 0 Å². The molecule has 1 aliphatic heterocycles. The fourth-order valence-corrected chi connectivity index (χ4v) is 3.72. The van der Waals surface area contributed by atoms with Gasteiger partial charge in [-0.1, -0.05) is 6.07 Å². The average molecular weight is 438 g/mol. The van der Waals surface area contributed by atoms with Gasteiger partial charge >= 0.3 is 0 Å². The second kappa shape index (κ2) is 9.13. The molecule has 0 aliphatic carbocycles. The highest BCUT2D eigenvalue weighted by Crippen LogP contribution is 2.38. The van der Waals surface area contributed by atoms with Crippen LogP contribution >= 0.6 is 0 Å². The van der Waals surface area contributed by atoms with Gasteiger partial charge in [0, 0.05) is 35.5 Å². The highest BCUT2D eigenvalue weighted by molar-refractivity contribution is 5.95. The summed E-state index contributed by atoms with van der Waals surface area (Å²) in [6, 6.07) is 10.2. The number of halogens is 1. The van der Waals surface area contributed by atoms with Gasteiger partial charge in [-0.3, -0.25) is 9.78 Å². The Labute approximate surface area is 185 Å². The van der Waals surface area contributed by atoms with Crippen molar-refractivity contribution < 1.29 is 28.1 Å². The number of rotatable bonds is 7. The number of benzene rings is 2. The first-order valence-electron chi connectivity index (χ1n) is 10.0. The summed E-state index contributed by atoms with van der Waals surface area (Å²) in [5.41, 5.74) is 2.67. The zero-order valence-electron chi connectivity index (χ0n) is 18.0. The number of carbonyl (C=O) groups excluding carboxylic acids is 1.